The van der Waals surface area contributed by atoms with Crippen LogP contribution in [0, 0.1) is 0 Å². The van der Waals surface area contributed by atoms with Gasteiger partial charge in [0, 0.05) is 0 Å². The molecule has 0 rings (SSSR count). The zero-order chi connectivity index (χ0) is 15.4. The third-order valence-electron chi connectivity index (χ3n) is 0.749. The van der Waals surface area contributed by atoms with Gasteiger partial charge in [0.25, 0.3) is 0 Å². The lowest BCUT2D eigenvalue weighted by Crippen LogP contribution is -2.35. The van der Waals surface area contributed by atoms with Crippen molar-refractivity contribution < 1.29 is 57.3 Å². The summed E-state index contributed by atoms with van der Waals surface area (Å²) in [5, 5.41) is 4.28. The maximum Gasteiger partial charge on any atom is 0.534 e. The van der Waals surface area contributed by atoms with E-state index in [0.29, 0.717) is 0 Å². The average Bonchev–Trinajstić information content (AvgIpc) is 1.98. The molecular weight excluding hydrogens is 324 g/mol. The third kappa shape index (κ3) is 6.60. The van der Waals surface area contributed by atoms with E-state index in [-0.39, 0.29) is 6.40 Å². The molecule has 0 saturated carbocycles. The predicted molar refractivity (Wildman–Crippen MR) is 39.8 cm³/mol. The summed E-state index contributed by atoms with van der Waals surface area (Å²) in [6.45, 7) is 0. The van der Waals surface area contributed by atoms with Gasteiger partial charge in [0.1, 0.15) is 0 Å². The van der Waals surface area contributed by atoms with Gasteiger partial charge in [-0.2, -0.15) is 34.8 Å². The second-order valence-electron chi connectivity index (χ2n) is 2.03. The molecule has 0 aromatic heterocycles. The highest BCUT2D eigenvalue weighted by atomic mass is 32.2. The first-order valence-corrected chi connectivity index (χ1v) is 5.93. The molecule has 0 spiro atoms. The van der Waals surface area contributed by atoms with E-state index < -0.39 is 31.3 Å². The maximum atomic E-state index is 11.2. The first-order valence-electron chi connectivity index (χ1n) is 3.11. The second-order valence-corrected chi connectivity index (χ2v) is 4.97. The normalized spacial score (nSPS) is 13.3. The van der Waals surface area contributed by atoms with Crippen molar-refractivity contribution >= 4 is 26.6 Å². The summed E-state index contributed by atoms with van der Waals surface area (Å²) in [5.74, 6) is 0. The summed E-state index contributed by atoms with van der Waals surface area (Å²) in [4.78, 5) is 0. The van der Waals surface area contributed by atoms with Crippen LogP contribution in [0.1, 0.15) is 0 Å². The van der Waals surface area contributed by atoms with Gasteiger partial charge >= 0.3 is 27.5 Å². The maximum absolute atomic E-state index is 11.2. The lowest BCUT2D eigenvalue weighted by Gasteiger charge is -2.08. The number of rotatable bonds is 2. The average molecular weight is 327 g/mol. The van der Waals surface area contributed by atoms with E-state index >= 15 is 0 Å². The van der Waals surface area contributed by atoms with Crippen LogP contribution < -0.4 is 5.41 Å². The van der Waals surface area contributed by atoms with Crippen LogP contribution in [0.25, 0.3) is 0 Å². The zero-order valence-electron chi connectivity index (χ0n) is 7.69. The summed E-state index contributed by atoms with van der Waals surface area (Å²) >= 11 is 0. The van der Waals surface area contributed by atoms with Crippen LogP contribution in [0.5, 0.6) is 0 Å². The molecule has 0 heterocycles. The van der Waals surface area contributed by atoms with Gasteiger partial charge < -0.3 is 8.74 Å². The minimum absolute atomic E-state index is 0.0528. The van der Waals surface area contributed by atoms with Gasteiger partial charge in [0.15, 0.2) is 10.1 Å². The third-order valence-corrected chi connectivity index (χ3v) is 2.25. The monoisotopic (exact) mass is 327 g/mol. The molecule has 0 unspecified atom stereocenters. The lowest BCUT2D eigenvalue weighted by atomic mass is 11.6. The Morgan fingerprint density at radius 3 is 1.28 bits per heavy atom. The number of halogens is 6. The fraction of sp³-hybridized carbons (Fsp3) is 0.667. The van der Waals surface area contributed by atoms with Crippen molar-refractivity contribution in [1.29, 1.82) is 0 Å². The highest BCUT2D eigenvalue weighted by molar-refractivity contribution is 7.88. The molecule has 0 aliphatic heterocycles. The molecule has 0 aromatic carbocycles. The van der Waals surface area contributed by atoms with Crippen molar-refractivity contribution in [2.45, 2.75) is 11.0 Å². The van der Waals surface area contributed by atoms with Crippen molar-refractivity contribution in [3.05, 3.63) is 0 Å². The minimum atomic E-state index is -6.09. The van der Waals surface area contributed by atoms with Gasteiger partial charge in [0.2, 0.25) is 0 Å². The fourth-order valence-electron chi connectivity index (χ4n) is 0.128. The number of nitrogens with two attached hydrogens (primary N) is 1. The van der Waals surface area contributed by atoms with Crippen molar-refractivity contribution in [1.82, 2.24) is 0 Å². The van der Waals surface area contributed by atoms with E-state index in [2.05, 4.69) is 9.59 Å². The van der Waals surface area contributed by atoms with E-state index in [1.165, 1.54) is 0 Å². The van der Waals surface area contributed by atoms with Gasteiger partial charge in [-0.15, -0.1) is 0 Å². The number of hydrogen-bond acceptors (Lipinski definition) is 6. The van der Waals surface area contributed by atoms with Gasteiger partial charge in [-0.3, -0.25) is 0 Å². The Balaban J connectivity index is 0. The van der Waals surface area contributed by atoms with Crippen LogP contribution in [-0.2, 0) is 24.4 Å². The molecule has 0 saturated heterocycles. The summed E-state index contributed by atoms with van der Waals surface area (Å²) < 4.78 is 115. The second kappa shape index (κ2) is 5.70. The van der Waals surface area contributed by atoms with Gasteiger partial charge in [-0.05, 0) is 0 Å². The molecule has 0 fully saturated rings. The minimum Gasteiger partial charge on any atom is -0.741 e. The van der Waals surface area contributed by atoms with E-state index in [1.807, 2.05) is 0 Å². The smallest absolute Gasteiger partial charge is 0.534 e. The van der Waals surface area contributed by atoms with Crippen molar-refractivity contribution in [2.24, 2.45) is 0 Å². The Morgan fingerprint density at radius 1 is 0.944 bits per heavy atom. The fourth-order valence-corrected chi connectivity index (χ4v) is 0.383. The van der Waals surface area contributed by atoms with E-state index in [9.17, 15) is 34.8 Å². The molecule has 110 valence electrons. The van der Waals surface area contributed by atoms with Crippen molar-refractivity contribution in [2.75, 3.05) is 0 Å². The van der Waals surface area contributed by atoms with Gasteiger partial charge in [0.05, 0.1) is 0 Å². The Hall–Kier alpha value is -1.09. The molecule has 0 aliphatic rings. The van der Waals surface area contributed by atoms with Crippen LogP contribution in [0.2, 0.25) is 0 Å². The Morgan fingerprint density at radius 2 is 1.22 bits per heavy atom. The number of hydrogen-bond donors (Lipinski definition) is 1. The topological polar surface area (TPSA) is 126 Å². The standard InChI is InChI=1S/C2H2F3NO3S.CHF3O3S/c3-2(4,5)10(7,8)9-1-6;2-1(3,4)8(5,6)7/h1,6H;(H,5,6,7). The largest absolute Gasteiger partial charge is 0.741 e. The van der Waals surface area contributed by atoms with E-state index in [1.54, 1.807) is 0 Å². The van der Waals surface area contributed by atoms with E-state index in [0.717, 1.165) is 0 Å². The van der Waals surface area contributed by atoms with Crippen LogP contribution in [0.3, 0.4) is 0 Å². The molecule has 15 heteroatoms. The quantitative estimate of drug-likeness (QED) is 0.168. The molecule has 0 bridgehead atoms. The first-order chi connectivity index (χ1) is 7.56. The zero-order valence-corrected chi connectivity index (χ0v) is 9.32. The van der Waals surface area contributed by atoms with Crippen molar-refractivity contribution in [3.8, 4) is 0 Å². The molecule has 0 amide bonds. The Labute approximate surface area is 95.7 Å². The van der Waals surface area contributed by atoms with Crippen molar-refractivity contribution in [3.63, 3.8) is 0 Å². The molecule has 2 N–H and O–H groups in total. The predicted octanol–water partition coefficient (Wildman–Crippen LogP) is -1.31. The molecule has 0 aromatic rings. The molecule has 0 aliphatic carbocycles. The summed E-state index contributed by atoms with van der Waals surface area (Å²) in [5.41, 5.74) is -11.1. The molecule has 0 atom stereocenters. The van der Waals surface area contributed by atoms with Crippen LogP contribution >= 0.6 is 0 Å². The summed E-state index contributed by atoms with van der Waals surface area (Å²) in [7, 11) is -11.6. The van der Waals surface area contributed by atoms with Crippen LogP contribution in [0.4, 0.5) is 26.3 Å². The lowest BCUT2D eigenvalue weighted by molar-refractivity contribution is -0.122. The van der Waals surface area contributed by atoms with Gasteiger partial charge in [-0.1, -0.05) is 0 Å². The van der Waals surface area contributed by atoms with Gasteiger partial charge in [-0.25, -0.2) is 13.8 Å². The van der Waals surface area contributed by atoms with E-state index in [4.69, 9.17) is 13.0 Å². The molecule has 7 nitrogen and oxygen atoms in total. The summed E-state index contributed by atoms with van der Waals surface area (Å²) in [6, 6.07) is 0. The summed E-state index contributed by atoms with van der Waals surface area (Å²) in [6.07, 6.45) is -0.0528. The molecular formula is C3H3F6NO6S2. The van der Waals surface area contributed by atoms with Crippen LogP contribution in [-0.4, -0.2) is 38.8 Å². The molecule has 0 radical (unpaired) electrons. The van der Waals surface area contributed by atoms with Crippen LogP contribution in [0.15, 0.2) is 0 Å². The SMILES string of the molecule is O=S(=O)([O-])C(F)(F)F.[NH2+]=COS(=O)(=O)C(F)(F)F. The highest BCUT2D eigenvalue weighted by Gasteiger charge is 2.48. The Bertz CT molecular complexity index is 472. The molecule has 18 heavy (non-hydrogen) atoms. The number of alkyl halides is 6. The Kier molecular flexibility index (Phi) is 6.10. The first kappa shape index (κ1) is 19.3. The highest BCUT2D eigenvalue weighted by Crippen LogP contribution is 2.23.